The average molecular weight is 364 g/mol. The highest BCUT2D eigenvalue weighted by Crippen LogP contribution is 2.34. The predicted octanol–water partition coefficient (Wildman–Crippen LogP) is 3.81. The quantitative estimate of drug-likeness (QED) is 0.721. The maximum absolute atomic E-state index is 12.2. The summed E-state index contributed by atoms with van der Waals surface area (Å²) in [5.41, 5.74) is 2.60. The average Bonchev–Trinajstić information content (AvgIpc) is 3.43. The first-order chi connectivity index (χ1) is 12.7. The Morgan fingerprint density at radius 2 is 1.85 bits per heavy atom. The van der Waals surface area contributed by atoms with Crippen LogP contribution in [0.5, 0.6) is 0 Å². The van der Waals surface area contributed by atoms with E-state index in [4.69, 9.17) is 0 Å². The number of hydrogen-bond donors (Lipinski definition) is 2. The van der Waals surface area contributed by atoms with Crippen LogP contribution in [0.2, 0.25) is 0 Å². The molecule has 130 valence electrons. The number of anilines is 2. The Hall–Kier alpha value is -3.06. The van der Waals surface area contributed by atoms with Crippen molar-refractivity contribution < 1.29 is 9.59 Å². The summed E-state index contributed by atoms with van der Waals surface area (Å²) in [7, 11) is 0. The first-order valence-electron chi connectivity index (χ1n) is 8.29. The van der Waals surface area contributed by atoms with Crippen molar-refractivity contribution >= 4 is 34.0 Å². The van der Waals surface area contributed by atoms with E-state index in [0.29, 0.717) is 16.5 Å². The number of amides is 2. The van der Waals surface area contributed by atoms with E-state index in [9.17, 15) is 9.59 Å². The predicted molar refractivity (Wildman–Crippen MR) is 101 cm³/mol. The van der Waals surface area contributed by atoms with Crippen LogP contribution < -0.4 is 10.6 Å². The monoisotopic (exact) mass is 364 g/mol. The molecule has 1 saturated carbocycles. The lowest BCUT2D eigenvalue weighted by Gasteiger charge is -2.09. The summed E-state index contributed by atoms with van der Waals surface area (Å²) in [5.74, 6) is -0.120. The van der Waals surface area contributed by atoms with Crippen molar-refractivity contribution in [1.82, 2.24) is 9.97 Å². The number of rotatable bonds is 5. The van der Waals surface area contributed by atoms with Crippen LogP contribution in [0.4, 0.5) is 10.8 Å². The van der Waals surface area contributed by atoms with E-state index in [1.807, 2.05) is 29.6 Å². The van der Waals surface area contributed by atoms with Crippen molar-refractivity contribution in [2.24, 2.45) is 5.92 Å². The van der Waals surface area contributed by atoms with Crippen molar-refractivity contribution in [3.8, 4) is 11.3 Å². The Bertz CT molecular complexity index is 951. The summed E-state index contributed by atoms with van der Waals surface area (Å²) in [4.78, 5) is 32.8. The minimum absolute atomic E-state index is 0.0522. The maximum atomic E-state index is 12.2. The molecule has 0 atom stereocenters. The summed E-state index contributed by atoms with van der Waals surface area (Å²) in [6, 6.07) is 12.7. The number of nitrogens with one attached hydrogen (secondary N) is 2. The molecule has 0 saturated heterocycles. The van der Waals surface area contributed by atoms with Gasteiger partial charge in [-0.2, -0.15) is 0 Å². The van der Waals surface area contributed by atoms with Gasteiger partial charge in [-0.1, -0.05) is 24.3 Å². The highest BCUT2D eigenvalue weighted by atomic mass is 32.1. The number of hydrogen-bond acceptors (Lipinski definition) is 5. The second kappa shape index (κ2) is 7.05. The van der Waals surface area contributed by atoms with Gasteiger partial charge >= 0.3 is 0 Å². The largest absolute Gasteiger partial charge is 0.325 e. The Labute approximate surface area is 154 Å². The molecule has 4 rings (SSSR count). The molecule has 1 aromatic carbocycles. The molecule has 0 bridgehead atoms. The number of benzene rings is 1. The fourth-order valence-electron chi connectivity index (χ4n) is 2.51. The highest BCUT2D eigenvalue weighted by Gasteiger charge is 2.30. The van der Waals surface area contributed by atoms with Gasteiger partial charge in [0.1, 0.15) is 5.69 Å². The molecule has 2 heterocycles. The molecule has 7 heteroatoms. The Morgan fingerprint density at radius 1 is 1.04 bits per heavy atom. The fourth-order valence-corrected chi connectivity index (χ4v) is 3.21. The first-order valence-corrected chi connectivity index (χ1v) is 9.17. The Balaban J connectivity index is 1.53. The summed E-state index contributed by atoms with van der Waals surface area (Å²) >= 11 is 1.33. The van der Waals surface area contributed by atoms with Crippen LogP contribution in [0.3, 0.4) is 0 Å². The van der Waals surface area contributed by atoms with Crippen LogP contribution in [0.25, 0.3) is 11.3 Å². The molecule has 0 aliphatic heterocycles. The van der Waals surface area contributed by atoms with E-state index in [1.165, 1.54) is 11.3 Å². The molecule has 0 unspecified atom stereocenters. The number of aromatic nitrogens is 2. The van der Waals surface area contributed by atoms with Gasteiger partial charge in [0.25, 0.3) is 5.91 Å². The molecule has 2 aromatic heterocycles. The van der Waals surface area contributed by atoms with Crippen LogP contribution >= 0.6 is 11.3 Å². The number of carbonyl (C=O) groups is 2. The lowest BCUT2D eigenvalue weighted by Crippen LogP contribution is -2.14. The van der Waals surface area contributed by atoms with Gasteiger partial charge in [-0.3, -0.25) is 19.9 Å². The smallest absolute Gasteiger partial charge is 0.276 e. The van der Waals surface area contributed by atoms with Crippen molar-refractivity contribution in [3.05, 3.63) is 59.7 Å². The number of pyridine rings is 1. The van der Waals surface area contributed by atoms with Gasteiger partial charge in [0.15, 0.2) is 5.13 Å². The first kappa shape index (κ1) is 16.4. The van der Waals surface area contributed by atoms with E-state index in [1.54, 1.807) is 24.4 Å². The molecule has 6 nitrogen and oxygen atoms in total. The van der Waals surface area contributed by atoms with Crippen LogP contribution in [-0.2, 0) is 4.79 Å². The van der Waals surface area contributed by atoms with Gasteiger partial charge in [0.05, 0.1) is 11.4 Å². The summed E-state index contributed by atoms with van der Waals surface area (Å²) in [5, 5.41) is 8.07. The van der Waals surface area contributed by atoms with E-state index in [2.05, 4.69) is 20.6 Å². The van der Waals surface area contributed by atoms with Gasteiger partial charge in [-0.15, -0.1) is 11.3 Å². The zero-order chi connectivity index (χ0) is 17.9. The molecule has 1 fully saturated rings. The lowest BCUT2D eigenvalue weighted by atomic mass is 10.1. The standard InChI is InChI=1S/C19H16N4O2S/c24-17(12-8-9-12)21-14-6-2-1-5-13(14)16-11-26-19(22-16)23-18(25)15-7-3-4-10-20-15/h1-7,10-12H,8-9H2,(H,21,24)(H,22,23,25). The van der Waals surface area contributed by atoms with Gasteiger partial charge in [0.2, 0.25) is 5.91 Å². The van der Waals surface area contributed by atoms with Gasteiger partial charge in [-0.05, 0) is 31.0 Å². The summed E-state index contributed by atoms with van der Waals surface area (Å²) in [6.45, 7) is 0. The van der Waals surface area contributed by atoms with Gasteiger partial charge in [0, 0.05) is 23.1 Å². The second-order valence-corrected chi connectivity index (χ2v) is 6.87. The molecule has 0 radical (unpaired) electrons. The second-order valence-electron chi connectivity index (χ2n) is 6.02. The molecule has 2 N–H and O–H groups in total. The molecular formula is C19H16N4O2S. The minimum atomic E-state index is -0.304. The van der Waals surface area contributed by atoms with Gasteiger partial charge in [-0.25, -0.2) is 4.98 Å². The topological polar surface area (TPSA) is 84.0 Å². The Kier molecular flexibility index (Phi) is 4.45. The van der Waals surface area contributed by atoms with Gasteiger partial charge < -0.3 is 5.32 Å². The zero-order valence-electron chi connectivity index (χ0n) is 13.8. The SMILES string of the molecule is O=C(Nc1nc(-c2ccccc2NC(=O)C2CC2)cs1)c1ccccn1. The third kappa shape index (κ3) is 3.62. The Morgan fingerprint density at radius 3 is 2.62 bits per heavy atom. The van der Waals surface area contributed by atoms with Crippen LogP contribution in [0.1, 0.15) is 23.3 Å². The summed E-state index contributed by atoms with van der Waals surface area (Å²) < 4.78 is 0. The van der Waals surface area contributed by atoms with E-state index < -0.39 is 0 Å². The van der Waals surface area contributed by atoms with Crippen molar-refractivity contribution in [2.45, 2.75) is 12.8 Å². The van der Waals surface area contributed by atoms with E-state index >= 15 is 0 Å². The van der Waals surface area contributed by atoms with Crippen molar-refractivity contribution in [1.29, 1.82) is 0 Å². The van der Waals surface area contributed by atoms with Crippen LogP contribution in [0, 0.1) is 5.92 Å². The van der Waals surface area contributed by atoms with E-state index in [0.717, 1.165) is 24.1 Å². The number of thiazole rings is 1. The molecule has 3 aromatic rings. The van der Waals surface area contributed by atoms with Crippen LogP contribution in [-0.4, -0.2) is 21.8 Å². The molecular weight excluding hydrogens is 348 g/mol. The molecule has 1 aliphatic rings. The van der Waals surface area contributed by atoms with E-state index in [-0.39, 0.29) is 17.7 Å². The number of nitrogens with zero attached hydrogens (tertiary/aromatic N) is 2. The minimum Gasteiger partial charge on any atom is -0.325 e. The van der Waals surface area contributed by atoms with Crippen LogP contribution in [0.15, 0.2) is 54.0 Å². The normalized spacial score (nSPS) is 13.2. The fraction of sp³-hybridized carbons (Fsp3) is 0.158. The maximum Gasteiger partial charge on any atom is 0.276 e. The third-order valence-electron chi connectivity index (χ3n) is 4.03. The zero-order valence-corrected chi connectivity index (χ0v) is 14.6. The van der Waals surface area contributed by atoms with Crippen molar-refractivity contribution in [3.63, 3.8) is 0 Å². The van der Waals surface area contributed by atoms with Crippen molar-refractivity contribution in [2.75, 3.05) is 10.6 Å². The number of carbonyl (C=O) groups excluding carboxylic acids is 2. The number of para-hydroxylation sites is 1. The highest BCUT2D eigenvalue weighted by molar-refractivity contribution is 7.14. The molecule has 1 aliphatic carbocycles. The molecule has 0 spiro atoms. The lowest BCUT2D eigenvalue weighted by molar-refractivity contribution is -0.117. The summed E-state index contributed by atoms with van der Waals surface area (Å²) in [6.07, 6.45) is 3.48. The molecule has 2 amide bonds. The third-order valence-corrected chi connectivity index (χ3v) is 4.79. The molecule has 26 heavy (non-hydrogen) atoms.